The number of aromatic nitrogens is 1. The summed E-state index contributed by atoms with van der Waals surface area (Å²) < 4.78 is 2.06. The molecule has 0 atom stereocenters. The molecule has 124 valence electrons. The normalized spacial score (nSPS) is 11.5. The number of thioether (sulfide) groups is 1. The zero-order chi connectivity index (χ0) is 17.0. The second-order valence-electron chi connectivity index (χ2n) is 6.17. The van der Waals surface area contributed by atoms with Crippen molar-refractivity contribution >= 4 is 50.8 Å². The van der Waals surface area contributed by atoms with Gasteiger partial charge in [0, 0.05) is 24.1 Å². The molecule has 0 saturated carbocycles. The lowest BCUT2D eigenvalue weighted by Crippen LogP contribution is -2.36. The molecule has 2 amide bonds. The molecule has 0 aliphatic rings. The van der Waals surface area contributed by atoms with Crippen LogP contribution in [0.2, 0.25) is 0 Å². The van der Waals surface area contributed by atoms with Gasteiger partial charge in [0.05, 0.1) is 10.2 Å². The van der Waals surface area contributed by atoms with Gasteiger partial charge in [0.15, 0.2) is 4.34 Å². The maximum atomic E-state index is 12.0. The fraction of sp³-hybridized carbons (Fsp3) is 0.438. The van der Waals surface area contributed by atoms with E-state index in [2.05, 4.69) is 15.6 Å². The number of nitrogens with one attached hydrogen (secondary N) is 2. The minimum Gasteiger partial charge on any atom is -0.355 e. The van der Waals surface area contributed by atoms with Crippen molar-refractivity contribution in [3.8, 4) is 0 Å². The third kappa shape index (κ3) is 4.94. The first kappa shape index (κ1) is 17.7. The lowest BCUT2D eigenvalue weighted by atomic mass is 9.96. The van der Waals surface area contributed by atoms with Crippen LogP contribution in [-0.2, 0) is 9.59 Å². The van der Waals surface area contributed by atoms with E-state index in [1.165, 1.54) is 0 Å². The average molecular weight is 351 g/mol. The van der Waals surface area contributed by atoms with Gasteiger partial charge in [-0.1, -0.05) is 32.5 Å². The van der Waals surface area contributed by atoms with Crippen molar-refractivity contribution in [3.05, 3.63) is 18.2 Å². The largest absolute Gasteiger partial charge is 0.355 e. The Kier molecular flexibility index (Phi) is 5.64. The van der Waals surface area contributed by atoms with Crippen LogP contribution in [0.1, 0.15) is 27.2 Å². The maximum absolute atomic E-state index is 12.0. The Morgan fingerprint density at radius 2 is 2.04 bits per heavy atom. The van der Waals surface area contributed by atoms with E-state index in [1.54, 1.807) is 23.1 Å². The van der Waals surface area contributed by atoms with Crippen LogP contribution in [0.4, 0.5) is 5.69 Å². The Labute approximate surface area is 144 Å². The van der Waals surface area contributed by atoms with Gasteiger partial charge in [-0.2, -0.15) is 0 Å². The van der Waals surface area contributed by atoms with E-state index in [-0.39, 0.29) is 18.2 Å². The molecule has 23 heavy (non-hydrogen) atoms. The predicted molar refractivity (Wildman–Crippen MR) is 97.1 cm³/mol. The van der Waals surface area contributed by atoms with Crippen LogP contribution in [0.15, 0.2) is 22.5 Å². The SMILES string of the molecule is CSc1nc2ccc(NC(=O)CCNC(=O)C(C)(C)C)cc2s1. The molecule has 0 spiro atoms. The van der Waals surface area contributed by atoms with Crippen molar-refractivity contribution in [2.45, 2.75) is 31.5 Å². The summed E-state index contributed by atoms with van der Waals surface area (Å²) in [7, 11) is 0. The number of hydrogen-bond donors (Lipinski definition) is 2. The van der Waals surface area contributed by atoms with Gasteiger partial charge in [-0.25, -0.2) is 4.98 Å². The molecule has 0 aliphatic heterocycles. The molecule has 1 aromatic heterocycles. The molecule has 5 nitrogen and oxygen atoms in total. The Morgan fingerprint density at radius 3 is 2.70 bits per heavy atom. The first-order valence-electron chi connectivity index (χ1n) is 7.32. The Balaban J connectivity index is 1.89. The predicted octanol–water partition coefficient (Wildman–Crippen LogP) is 3.51. The minimum atomic E-state index is -0.442. The Morgan fingerprint density at radius 1 is 1.30 bits per heavy atom. The van der Waals surface area contributed by atoms with Crippen molar-refractivity contribution in [2.24, 2.45) is 5.41 Å². The number of benzene rings is 1. The average Bonchev–Trinajstić information content (AvgIpc) is 2.88. The summed E-state index contributed by atoms with van der Waals surface area (Å²) in [6.07, 6.45) is 2.24. The van der Waals surface area contributed by atoms with E-state index < -0.39 is 5.41 Å². The second kappa shape index (κ2) is 7.31. The van der Waals surface area contributed by atoms with Gasteiger partial charge in [-0.15, -0.1) is 11.3 Å². The molecule has 0 aliphatic carbocycles. The van der Waals surface area contributed by atoms with E-state index in [0.717, 1.165) is 20.2 Å². The lowest BCUT2D eigenvalue weighted by Gasteiger charge is -2.17. The van der Waals surface area contributed by atoms with E-state index >= 15 is 0 Å². The molecule has 2 rings (SSSR count). The van der Waals surface area contributed by atoms with Crippen molar-refractivity contribution in [1.29, 1.82) is 0 Å². The van der Waals surface area contributed by atoms with Crippen LogP contribution in [0.3, 0.4) is 0 Å². The summed E-state index contributed by atoms with van der Waals surface area (Å²) in [6.45, 7) is 5.86. The quantitative estimate of drug-likeness (QED) is 0.809. The summed E-state index contributed by atoms with van der Waals surface area (Å²) in [4.78, 5) is 28.2. The van der Waals surface area contributed by atoms with Gasteiger partial charge in [0.1, 0.15) is 0 Å². The molecule has 2 N–H and O–H groups in total. The number of thiazole rings is 1. The summed E-state index contributed by atoms with van der Waals surface area (Å²) in [5.74, 6) is -0.172. The topological polar surface area (TPSA) is 71.1 Å². The van der Waals surface area contributed by atoms with Gasteiger partial charge in [0.25, 0.3) is 0 Å². The Hall–Kier alpha value is -1.60. The van der Waals surface area contributed by atoms with E-state index in [4.69, 9.17) is 0 Å². The third-order valence-corrected chi connectivity index (χ3v) is 5.15. The fourth-order valence-corrected chi connectivity index (χ4v) is 3.38. The molecular formula is C16H21N3O2S2. The van der Waals surface area contributed by atoms with Gasteiger partial charge in [-0.3, -0.25) is 9.59 Å². The van der Waals surface area contributed by atoms with Crippen LogP contribution in [0.25, 0.3) is 10.2 Å². The third-order valence-electron chi connectivity index (χ3n) is 3.15. The van der Waals surface area contributed by atoms with Gasteiger partial charge >= 0.3 is 0 Å². The molecule has 0 bridgehead atoms. The van der Waals surface area contributed by atoms with E-state index in [9.17, 15) is 9.59 Å². The highest BCUT2D eigenvalue weighted by atomic mass is 32.2. The molecule has 0 fully saturated rings. The van der Waals surface area contributed by atoms with Crippen LogP contribution in [0, 0.1) is 5.41 Å². The van der Waals surface area contributed by atoms with Gasteiger partial charge in [0.2, 0.25) is 11.8 Å². The molecule has 0 saturated heterocycles. The van der Waals surface area contributed by atoms with Gasteiger partial charge in [-0.05, 0) is 24.5 Å². The zero-order valence-corrected chi connectivity index (χ0v) is 15.4. The van der Waals surface area contributed by atoms with Crippen molar-refractivity contribution in [2.75, 3.05) is 18.1 Å². The number of fused-ring (bicyclic) bond motifs is 1. The highest BCUT2D eigenvalue weighted by Crippen LogP contribution is 2.29. The number of amides is 2. The molecule has 0 unspecified atom stereocenters. The van der Waals surface area contributed by atoms with E-state index in [1.807, 2.05) is 45.2 Å². The number of hydrogen-bond acceptors (Lipinski definition) is 5. The van der Waals surface area contributed by atoms with Crippen LogP contribution in [-0.4, -0.2) is 29.6 Å². The molecular weight excluding hydrogens is 330 g/mol. The number of rotatable bonds is 5. The van der Waals surface area contributed by atoms with Gasteiger partial charge < -0.3 is 10.6 Å². The summed E-state index contributed by atoms with van der Waals surface area (Å²) in [5, 5.41) is 5.63. The summed E-state index contributed by atoms with van der Waals surface area (Å²) in [5.41, 5.74) is 1.25. The minimum absolute atomic E-state index is 0.0547. The Bertz CT molecular complexity index is 720. The number of carbonyl (C=O) groups excluding carboxylic acids is 2. The summed E-state index contributed by atoms with van der Waals surface area (Å²) >= 11 is 3.22. The number of nitrogens with zero attached hydrogens (tertiary/aromatic N) is 1. The first-order chi connectivity index (χ1) is 10.8. The number of anilines is 1. The maximum Gasteiger partial charge on any atom is 0.226 e. The molecule has 2 aromatic rings. The zero-order valence-electron chi connectivity index (χ0n) is 13.7. The lowest BCUT2D eigenvalue weighted by molar-refractivity contribution is -0.128. The highest BCUT2D eigenvalue weighted by Gasteiger charge is 2.20. The number of carbonyl (C=O) groups is 2. The monoisotopic (exact) mass is 351 g/mol. The van der Waals surface area contributed by atoms with E-state index in [0.29, 0.717) is 6.54 Å². The highest BCUT2D eigenvalue weighted by molar-refractivity contribution is 8.00. The molecule has 7 heteroatoms. The fourth-order valence-electron chi connectivity index (χ4n) is 1.85. The summed E-state index contributed by atoms with van der Waals surface area (Å²) in [6, 6.07) is 5.68. The standard InChI is InChI=1S/C16H21N3O2S2/c1-16(2,3)14(21)17-8-7-13(20)18-10-5-6-11-12(9-10)23-15(19-11)22-4/h5-6,9H,7-8H2,1-4H3,(H,17,21)(H,18,20). The van der Waals surface area contributed by atoms with Crippen molar-refractivity contribution in [3.63, 3.8) is 0 Å². The van der Waals surface area contributed by atoms with Crippen molar-refractivity contribution in [1.82, 2.24) is 10.3 Å². The smallest absolute Gasteiger partial charge is 0.226 e. The van der Waals surface area contributed by atoms with Crippen LogP contribution >= 0.6 is 23.1 Å². The van der Waals surface area contributed by atoms with Crippen LogP contribution in [0.5, 0.6) is 0 Å². The molecule has 1 heterocycles. The van der Waals surface area contributed by atoms with Crippen LogP contribution < -0.4 is 10.6 Å². The first-order valence-corrected chi connectivity index (χ1v) is 9.36. The molecule has 0 radical (unpaired) electrons. The van der Waals surface area contributed by atoms with Crippen molar-refractivity contribution < 1.29 is 9.59 Å². The second-order valence-corrected chi connectivity index (χ2v) is 8.25. The molecule has 1 aromatic carbocycles.